The molecular weight excluding hydrogens is 284 g/mol. The summed E-state index contributed by atoms with van der Waals surface area (Å²) in [6.07, 6.45) is 2.63. The van der Waals surface area contributed by atoms with Gasteiger partial charge in [-0.3, -0.25) is 4.79 Å². The molecule has 1 unspecified atom stereocenters. The minimum Gasteiger partial charge on any atom is -0.342 e. The zero-order chi connectivity index (χ0) is 15.5. The normalized spacial score (nSPS) is 19.0. The second-order valence-electron chi connectivity index (χ2n) is 5.98. The number of benzene rings is 1. The van der Waals surface area contributed by atoms with Gasteiger partial charge < -0.3 is 10.6 Å². The van der Waals surface area contributed by atoms with Crippen molar-refractivity contribution in [3.8, 4) is 0 Å². The number of hydrogen-bond donors (Lipinski definition) is 1. The van der Waals surface area contributed by atoms with E-state index in [1.54, 1.807) is 0 Å². The lowest BCUT2D eigenvalue weighted by atomic mass is 9.81. The van der Waals surface area contributed by atoms with E-state index in [0.717, 1.165) is 37.4 Å². The van der Waals surface area contributed by atoms with Crippen LogP contribution in [0, 0.1) is 5.41 Å². The van der Waals surface area contributed by atoms with Crippen LogP contribution < -0.4 is 5.73 Å². The molecule has 2 rings (SSSR count). The smallest absolute Gasteiger partial charge is 0.230 e. The van der Waals surface area contributed by atoms with E-state index in [9.17, 15) is 4.79 Å². The van der Waals surface area contributed by atoms with Gasteiger partial charge in [-0.25, -0.2) is 0 Å². The number of nitrogens with zero attached hydrogens (tertiary/aromatic N) is 1. The van der Waals surface area contributed by atoms with E-state index in [4.69, 9.17) is 17.3 Å². The maximum atomic E-state index is 12.8. The molecule has 1 saturated heterocycles. The van der Waals surface area contributed by atoms with Crippen molar-refractivity contribution in [1.82, 2.24) is 4.90 Å². The van der Waals surface area contributed by atoms with Crippen molar-refractivity contribution in [2.75, 3.05) is 19.6 Å². The van der Waals surface area contributed by atoms with Crippen molar-refractivity contribution in [1.29, 1.82) is 0 Å². The predicted molar refractivity (Wildman–Crippen MR) is 87.5 cm³/mol. The minimum absolute atomic E-state index is 0.228. The van der Waals surface area contributed by atoms with Crippen molar-refractivity contribution in [3.63, 3.8) is 0 Å². The van der Waals surface area contributed by atoms with Crippen LogP contribution in [0.25, 0.3) is 0 Å². The van der Waals surface area contributed by atoms with Gasteiger partial charge in [-0.05, 0) is 37.0 Å². The summed E-state index contributed by atoms with van der Waals surface area (Å²) in [6.45, 7) is 6.17. The number of amides is 1. The third kappa shape index (κ3) is 3.24. The van der Waals surface area contributed by atoms with Crippen LogP contribution >= 0.6 is 11.6 Å². The minimum atomic E-state index is -0.380. The molecule has 0 aromatic heterocycles. The van der Waals surface area contributed by atoms with Crippen molar-refractivity contribution in [2.45, 2.75) is 39.0 Å². The first-order valence-corrected chi connectivity index (χ1v) is 8.19. The zero-order valence-corrected chi connectivity index (χ0v) is 13.7. The molecule has 4 heteroatoms. The molecule has 0 radical (unpaired) electrons. The fourth-order valence-corrected chi connectivity index (χ4v) is 3.34. The Kier molecular flexibility index (Phi) is 5.28. The van der Waals surface area contributed by atoms with Crippen molar-refractivity contribution < 1.29 is 4.79 Å². The molecule has 21 heavy (non-hydrogen) atoms. The highest BCUT2D eigenvalue weighted by Crippen LogP contribution is 2.33. The van der Waals surface area contributed by atoms with Gasteiger partial charge in [-0.15, -0.1) is 0 Å². The van der Waals surface area contributed by atoms with E-state index in [2.05, 4.69) is 26.0 Å². The summed E-state index contributed by atoms with van der Waals surface area (Å²) < 4.78 is 0. The van der Waals surface area contributed by atoms with Crippen molar-refractivity contribution in [2.24, 2.45) is 11.1 Å². The molecule has 1 aromatic rings. The number of halogens is 1. The second kappa shape index (κ2) is 6.80. The van der Waals surface area contributed by atoms with Gasteiger partial charge in [0.1, 0.15) is 0 Å². The molecule has 0 bridgehead atoms. The van der Waals surface area contributed by atoms with Crippen LogP contribution in [0.2, 0.25) is 5.02 Å². The molecule has 0 spiro atoms. The van der Waals surface area contributed by atoms with Crippen molar-refractivity contribution in [3.05, 3.63) is 34.9 Å². The molecule has 1 amide bonds. The molecule has 1 atom stereocenters. The Bertz CT molecular complexity index is 474. The summed E-state index contributed by atoms with van der Waals surface area (Å²) in [5.41, 5.74) is 6.78. The molecule has 0 saturated carbocycles. The summed E-state index contributed by atoms with van der Waals surface area (Å²) >= 11 is 5.94. The van der Waals surface area contributed by atoms with Gasteiger partial charge in [-0.2, -0.15) is 0 Å². The van der Waals surface area contributed by atoms with E-state index in [1.807, 2.05) is 17.0 Å². The topological polar surface area (TPSA) is 46.3 Å². The molecule has 1 aromatic carbocycles. The highest BCUT2D eigenvalue weighted by atomic mass is 35.5. The highest BCUT2D eigenvalue weighted by Gasteiger charge is 2.39. The van der Waals surface area contributed by atoms with Crippen LogP contribution in [-0.2, 0) is 4.79 Å². The van der Waals surface area contributed by atoms with Crippen LogP contribution in [-0.4, -0.2) is 30.4 Å². The van der Waals surface area contributed by atoms with Gasteiger partial charge in [0, 0.05) is 30.6 Å². The summed E-state index contributed by atoms with van der Waals surface area (Å²) in [6, 6.07) is 7.97. The Morgan fingerprint density at radius 3 is 2.48 bits per heavy atom. The maximum absolute atomic E-state index is 12.8. The van der Waals surface area contributed by atoms with E-state index < -0.39 is 0 Å². The highest BCUT2D eigenvalue weighted by molar-refractivity contribution is 6.30. The van der Waals surface area contributed by atoms with Crippen LogP contribution in [0.4, 0.5) is 0 Å². The molecule has 1 fully saturated rings. The Morgan fingerprint density at radius 2 is 1.95 bits per heavy atom. The average molecular weight is 309 g/mol. The SMILES string of the molecule is CCC(CC)(CN)C(=O)N1CCC(c2ccc(Cl)cc2)C1. The van der Waals surface area contributed by atoms with Crippen LogP contribution in [0.3, 0.4) is 0 Å². The predicted octanol–water partition coefficient (Wildman–Crippen LogP) is 3.42. The van der Waals surface area contributed by atoms with Gasteiger partial charge in [0.15, 0.2) is 0 Å². The maximum Gasteiger partial charge on any atom is 0.230 e. The number of carbonyl (C=O) groups excluding carboxylic acids is 1. The first-order chi connectivity index (χ1) is 10.1. The monoisotopic (exact) mass is 308 g/mol. The summed E-state index contributed by atoms with van der Waals surface area (Å²) in [5, 5.41) is 0.754. The fraction of sp³-hybridized carbons (Fsp3) is 0.588. The lowest BCUT2D eigenvalue weighted by Gasteiger charge is -2.33. The third-order valence-corrected chi connectivity index (χ3v) is 5.27. The number of carbonyl (C=O) groups is 1. The summed E-state index contributed by atoms with van der Waals surface area (Å²) in [5.74, 6) is 0.641. The number of hydrogen-bond acceptors (Lipinski definition) is 2. The van der Waals surface area contributed by atoms with Crippen LogP contribution in [0.5, 0.6) is 0 Å². The Hall–Kier alpha value is -1.06. The first-order valence-electron chi connectivity index (χ1n) is 7.81. The first kappa shape index (κ1) is 16.3. The third-order valence-electron chi connectivity index (χ3n) is 5.01. The largest absolute Gasteiger partial charge is 0.342 e. The molecule has 116 valence electrons. The zero-order valence-electron chi connectivity index (χ0n) is 12.9. The molecule has 1 aliphatic rings. The van der Waals surface area contributed by atoms with Crippen LogP contribution in [0.15, 0.2) is 24.3 Å². The Balaban J connectivity index is 2.08. The summed E-state index contributed by atoms with van der Waals surface area (Å²) in [4.78, 5) is 14.8. The molecular formula is C17H25ClN2O. The fourth-order valence-electron chi connectivity index (χ4n) is 3.22. The number of rotatable bonds is 5. The molecule has 1 heterocycles. The number of likely N-dealkylation sites (tertiary alicyclic amines) is 1. The van der Waals surface area contributed by atoms with E-state index in [-0.39, 0.29) is 11.3 Å². The molecule has 2 N–H and O–H groups in total. The quantitative estimate of drug-likeness (QED) is 0.906. The second-order valence-corrected chi connectivity index (χ2v) is 6.42. The van der Waals surface area contributed by atoms with E-state index in [0.29, 0.717) is 12.5 Å². The Morgan fingerprint density at radius 1 is 1.33 bits per heavy atom. The van der Waals surface area contributed by atoms with Gasteiger partial charge in [0.25, 0.3) is 0 Å². The average Bonchev–Trinajstić information content (AvgIpc) is 3.00. The number of nitrogens with two attached hydrogens (primary N) is 1. The Labute approximate surface area is 132 Å². The van der Waals surface area contributed by atoms with E-state index >= 15 is 0 Å². The van der Waals surface area contributed by atoms with Gasteiger partial charge in [0.2, 0.25) is 5.91 Å². The van der Waals surface area contributed by atoms with E-state index in [1.165, 1.54) is 5.56 Å². The van der Waals surface area contributed by atoms with Crippen molar-refractivity contribution >= 4 is 17.5 Å². The molecule has 1 aliphatic heterocycles. The van der Waals surface area contributed by atoms with Crippen LogP contribution in [0.1, 0.15) is 44.6 Å². The lowest BCUT2D eigenvalue weighted by molar-refractivity contribution is -0.141. The molecule has 0 aliphatic carbocycles. The van der Waals surface area contributed by atoms with Gasteiger partial charge in [-0.1, -0.05) is 37.6 Å². The molecule has 3 nitrogen and oxygen atoms in total. The lowest BCUT2D eigenvalue weighted by Crippen LogP contribution is -2.46. The van der Waals surface area contributed by atoms with Gasteiger partial charge >= 0.3 is 0 Å². The van der Waals surface area contributed by atoms with Gasteiger partial charge in [0.05, 0.1) is 5.41 Å². The summed E-state index contributed by atoms with van der Waals surface area (Å²) in [7, 11) is 0. The standard InChI is InChI=1S/C17H25ClN2O/c1-3-17(4-2,12-19)16(21)20-10-9-14(11-20)13-5-7-15(18)8-6-13/h5-8,14H,3-4,9-12,19H2,1-2H3.